The monoisotopic (exact) mass is 227 g/mol. The van der Waals surface area contributed by atoms with Crippen LogP contribution in [0.25, 0.3) is 0 Å². The van der Waals surface area contributed by atoms with Gasteiger partial charge in [-0.3, -0.25) is 0 Å². The van der Waals surface area contributed by atoms with Crippen LogP contribution in [0.3, 0.4) is 0 Å². The normalized spacial score (nSPS) is 12.4. The molecule has 2 nitrogen and oxygen atoms in total. The highest BCUT2D eigenvalue weighted by Crippen LogP contribution is 2.26. The summed E-state index contributed by atoms with van der Waals surface area (Å²) in [6, 6.07) is 13.5. The van der Waals surface area contributed by atoms with Gasteiger partial charge >= 0.3 is 0 Å². The van der Waals surface area contributed by atoms with Gasteiger partial charge in [-0.05, 0) is 42.7 Å². The van der Waals surface area contributed by atoms with E-state index in [1.807, 2.05) is 56.3 Å². The van der Waals surface area contributed by atoms with E-state index in [2.05, 4.69) is 0 Å². The lowest BCUT2D eigenvalue weighted by Crippen LogP contribution is -2.03. The van der Waals surface area contributed by atoms with Crippen LogP contribution >= 0.6 is 0 Å². The van der Waals surface area contributed by atoms with Crippen LogP contribution in [0.15, 0.2) is 42.5 Å². The van der Waals surface area contributed by atoms with Crippen molar-refractivity contribution in [1.82, 2.24) is 0 Å². The van der Waals surface area contributed by atoms with Crippen molar-refractivity contribution in [2.75, 3.05) is 5.73 Å². The third kappa shape index (κ3) is 2.48. The summed E-state index contributed by atoms with van der Waals surface area (Å²) >= 11 is 0. The average Bonchev–Trinajstić information content (AvgIpc) is 2.31. The largest absolute Gasteiger partial charge is 0.399 e. The van der Waals surface area contributed by atoms with Crippen LogP contribution < -0.4 is 5.73 Å². The molecule has 0 unspecified atom stereocenters. The summed E-state index contributed by atoms with van der Waals surface area (Å²) in [5, 5.41) is 10.4. The molecular formula is C15H17NO. The summed E-state index contributed by atoms with van der Waals surface area (Å²) in [5.74, 6) is 0. The maximum absolute atomic E-state index is 10.4. The first kappa shape index (κ1) is 11.7. The van der Waals surface area contributed by atoms with Crippen molar-refractivity contribution >= 4 is 5.69 Å². The van der Waals surface area contributed by atoms with Crippen LogP contribution in [-0.2, 0) is 0 Å². The first-order valence-electron chi connectivity index (χ1n) is 5.68. The molecule has 0 aliphatic rings. The third-order valence-corrected chi connectivity index (χ3v) is 2.96. The summed E-state index contributed by atoms with van der Waals surface area (Å²) in [6.45, 7) is 4.03. The molecule has 88 valence electrons. The molecule has 0 aliphatic heterocycles. The SMILES string of the molecule is Cc1ccc(C)c([C@H](O)c2cccc(N)c2)c1. The van der Waals surface area contributed by atoms with Gasteiger partial charge in [0.25, 0.3) is 0 Å². The lowest BCUT2D eigenvalue weighted by Gasteiger charge is -2.15. The molecule has 0 fully saturated rings. The molecule has 0 saturated heterocycles. The van der Waals surface area contributed by atoms with Crippen molar-refractivity contribution in [3.8, 4) is 0 Å². The van der Waals surface area contributed by atoms with Gasteiger partial charge in [0.05, 0.1) is 0 Å². The number of aliphatic hydroxyl groups excluding tert-OH is 1. The first-order chi connectivity index (χ1) is 8.08. The number of aryl methyl sites for hydroxylation is 2. The van der Waals surface area contributed by atoms with E-state index < -0.39 is 6.10 Å². The second kappa shape index (κ2) is 4.60. The predicted octanol–water partition coefficient (Wildman–Crippen LogP) is 2.97. The van der Waals surface area contributed by atoms with Gasteiger partial charge in [-0.25, -0.2) is 0 Å². The molecular weight excluding hydrogens is 210 g/mol. The fourth-order valence-corrected chi connectivity index (χ4v) is 1.96. The van der Waals surface area contributed by atoms with Crippen LogP contribution in [0.2, 0.25) is 0 Å². The van der Waals surface area contributed by atoms with Gasteiger partial charge in [-0.1, -0.05) is 35.9 Å². The average molecular weight is 227 g/mol. The molecule has 1 atom stereocenters. The Morgan fingerprint density at radius 1 is 1.06 bits per heavy atom. The Bertz CT molecular complexity index is 534. The quantitative estimate of drug-likeness (QED) is 0.775. The zero-order chi connectivity index (χ0) is 12.4. The zero-order valence-corrected chi connectivity index (χ0v) is 10.1. The van der Waals surface area contributed by atoms with Crippen molar-refractivity contribution in [1.29, 1.82) is 0 Å². The Hall–Kier alpha value is -1.80. The summed E-state index contributed by atoms with van der Waals surface area (Å²) in [5.41, 5.74) is 10.4. The van der Waals surface area contributed by atoms with Gasteiger partial charge in [-0.15, -0.1) is 0 Å². The molecule has 0 aliphatic carbocycles. The minimum Gasteiger partial charge on any atom is -0.399 e. The highest BCUT2D eigenvalue weighted by atomic mass is 16.3. The molecule has 0 amide bonds. The molecule has 0 saturated carbocycles. The topological polar surface area (TPSA) is 46.2 Å². The van der Waals surface area contributed by atoms with E-state index in [9.17, 15) is 5.11 Å². The van der Waals surface area contributed by atoms with Crippen molar-refractivity contribution in [2.24, 2.45) is 0 Å². The maximum atomic E-state index is 10.4. The molecule has 2 aromatic carbocycles. The molecule has 0 radical (unpaired) electrons. The van der Waals surface area contributed by atoms with E-state index in [0.29, 0.717) is 5.69 Å². The summed E-state index contributed by atoms with van der Waals surface area (Å²) < 4.78 is 0. The lowest BCUT2D eigenvalue weighted by molar-refractivity contribution is 0.219. The van der Waals surface area contributed by atoms with Gasteiger partial charge in [0.1, 0.15) is 6.10 Å². The number of aliphatic hydroxyl groups is 1. The van der Waals surface area contributed by atoms with Gasteiger partial charge in [-0.2, -0.15) is 0 Å². The molecule has 0 aromatic heterocycles. The molecule has 3 N–H and O–H groups in total. The Morgan fingerprint density at radius 2 is 1.82 bits per heavy atom. The maximum Gasteiger partial charge on any atom is 0.104 e. The molecule has 2 rings (SSSR count). The van der Waals surface area contributed by atoms with E-state index in [4.69, 9.17) is 5.73 Å². The van der Waals surface area contributed by atoms with Gasteiger partial charge in [0.15, 0.2) is 0 Å². The molecule has 0 heterocycles. The molecule has 2 aromatic rings. The number of hydrogen-bond acceptors (Lipinski definition) is 2. The van der Waals surface area contributed by atoms with E-state index in [1.54, 1.807) is 0 Å². The van der Waals surface area contributed by atoms with Crippen molar-refractivity contribution in [2.45, 2.75) is 20.0 Å². The highest BCUT2D eigenvalue weighted by Gasteiger charge is 2.13. The Balaban J connectivity index is 2.43. The minimum absolute atomic E-state index is 0.613. The summed E-state index contributed by atoms with van der Waals surface area (Å²) in [7, 11) is 0. The smallest absolute Gasteiger partial charge is 0.104 e. The van der Waals surface area contributed by atoms with Crippen LogP contribution in [-0.4, -0.2) is 5.11 Å². The van der Waals surface area contributed by atoms with Crippen LogP contribution in [0.1, 0.15) is 28.4 Å². The number of nitrogens with two attached hydrogens (primary N) is 1. The van der Waals surface area contributed by atoms with E-state index in [0.717, 1.165) is 22.3 Å². The number of hydrogen-bond donors (Lipinski definition) is 2. The predicted molar refractivity (Wildman–Crippen MR) is 70.8 cm³/mol. The molecule has 0 spiro atoms. The van der Waals surface area contributed by atoms with Crippen LogP contribution in [0.5, 0.6) is 0 Å². The minimum atomic E-state index is -0.613. The van der Waals surface area contributed by atoms with Crippen molar-refractivity contribution < 1.29 is 5.11 Å². The number of benzene rings is 2. The van der Waals surface area contributed by atoms with Gasteiger partial charge < -0.3 is 10.8 Å². The van der Waals surface area contributed by atoms with Crippen molar-refractivity contribution in [3.63, 3.8) is 0 Å². The van der Waals surface area contributed by atoms with E-state index >= 15 is 0 Å². The lowest BCUT2D eigenvalue weighted by atomic mass is 9.96. The summed E-state index contributed by atoms with van der Waals surface area (Å²) in [4.78, 5) is 0. The van der Waals surface area contributed by atoms with Crippen molar-refractivity contribution in [3.05, 3.63) is 64.7 Å². The third-order valence-electron chi connectivity index (χ3n) is 2.96. The molecule has 2 heteroatoms. The second-order valence-electron chi connectivity index (χ2n) is 4.43. The first-order valence-corrected chi connectivity index (χ1v) is 5.68. The number of nitrogen functional groups attached to an aromatic ring is 1. The number of rotatable bonds is 2. The second-order valence-corrected chi connectivity index (χ2v) is 4.43. The number of anilines is 1. The fraction of sp³-hybridized carbons (Fsp3) is 0.200. The highest BCUT2D eigenvalue weighted by molar-refractivity contribution is 5.45. The zero-order valence-electron chi connectivity index (χ0n) is 10.1. The summed E-state index contributed by atoms with van der Waals surface area (Å²) in [6.07, 6.45) is -0.613. The Morgan fingerprint density at radius 3 is 2.53 bits per heavy atom. The van der Waals surface area contributed by atoms with E-state index in [-0.39, 0.29) is 0 Å². The van der Waals surface area contributed by atoms with Crippen LogP contribution in [0, 0.1) is 13.8 Å². The fourth-order valence-electron chi connectivity index (χ4n) is 1.96. The van der Waals surface area contributed by atoms with E-state index in [1.165, 1.54) is 0 Å². The standard InChI is InChI=1S/C15H17NO/c1-10-6-7-11(2)14(8-10)15(17)12-4-3-5-13(16)9-12/h3-9,15,17H,16H2,1-2H3/t15-/m1/s1. The van der Waals surface area contributed by atoms with Crippen LogP contribution in [0.4, 0.5) is 5.69 Å². The molecule has 0 bridgehead atoms. The molecule has 17 heavy (non-hydrogen) atoms. The Kier molecular flexibility index (Phi) is 3.16. The Labute approximate surface area is 102 Å². The van der Waals surface area contributed by atoms with Gasteiger partial charge in [0, 0.05) is 5.69 Å². The van der Waals surface area contributed by atoms with Gasteiger partial charge in [0.2, 0.25) is 0 Å².